The molecule has 1 aliphatic rings. The SMILES string of the molecule is C[C@H](OC(=O)Cn1cnc2ccccc2c1=O)C(=O)N1CC(=O)Nc2ccccc21. The van der Waals surface area contributed by atoms with Gasteiger partial charge >= 0.3 is 5.97 Å². The third-order valence-electron chi connectivity index (χ3n) is 4.72. The first-order valence-corrected chi connectivity index (χ1v) is 9.28. The van der Waals surface area contributed by atoms with Crippen molar-refractivity contribution >= 4 is 40.1 Å². The Morgan fingerprint density at radius 2 is 1.87 bits per heavy atom. The summed E-state index contributed by atoms with van der Waals surface area (Å²) in [5, 5.41) is 3.07. The summed E-state index contributed by atoms with van der Waals surface area (Å²) in [6.45, 7) is 0.869. The second kappa shape index (κ2) is 7.78. The average Bonchev–Trinajstić information content (AvgIpc) is 2.74. The van der Waals surface area contributed by atoms with Crippen LogP contribution in [-0.2, 0) is 25.7 Å². The number of anilines is 2. The van der Waals surface area contributed by atoms with E-state index in [0.29, 0.717) is 22.3 Å². The first-order valence-electron chi connectivity index (χ1n) is 9.28. The van der Waals surface area contributed by atoms with Gasteiger partial charge in [0.15, 0.2) is 6.10 Å². The normalized spacial score (nSPS) is 14.0. The molecule has 0 radical (unpaired) electrons. The van der Waals surface area contributed by atoms with Crippen molar-refractivity contribution in [2.75, 3.05) is 16.8 Å². The van der Waals surface area contributed by atoms with Crippen LogP contribution in [0.5, 0.6) is 0 Å². The van der Waals surface area contributed by atoms with Gasteiger partial charge in [0.05, 0.1) is 28.6 Å². The van der Waals surface area contributed by atoms with Gasteiger partial charge in [-0.15, -0.1) is 0 Å². The highest BCUT2D eigenvalue weighted by Crippen LogP contribution is 2.29. The average molecular weight is 406 g/mol. The van der Waals surface area contributed by atoms with E-state index >= 15 is 0 Å². The lowest BCUT2D eigenvalue weighted by Crippen LogP contribution is -2.47. The smallest absolute Gasteiger partial charge is 0.326 e. The Labute approximate surface area is 170 Å². The molecule has 1 aromatic heterocycles. The van der Waals surface area contributed by atoms with Gasteiger partial charge in [-0.2, -0.15) is 0 Å². The van der Waals surface area contributed by atoms with Gasteiger partial charge in [-0.1, -0.05) is 24.3 Å². The molecule has 0 saturated carbocycles. The summed E-state index contributed by atoms with van der Waals surface area (Å²) in [5.41, 5.74) is 1.19. The van der Waals surface area contributed by atoms with Gasteiger partial charge in [-0.05, 0) is 31.2 Å². The maximum Gasteiger partial charge on any atom is 0.326 e. The zero-order chi connectivity index (χ0) is 21.3. The predicted molar refractivity (Wildman–Crippen MR) is 109 cm³/mol. The molecule has 1 N–H and O–H groups in total. The summed E-state index contributed by atoms with van der Waals surface area (Å²) in [6, 6.07) is 13.7. The number of amides is 2. The van der Waals surface area contributed by atoms with Crippen LogP contribution < -0.4 is 15.8 Å². The summed E-state index contributed by atoms with van der Waals surface area (Å²) < 4.78 is 6.37. The minimum absolute atomic E-state index is 0.175. The first kappa shape index (κ1) is 19.3. The van der Waals surface area contributed by atoms with E-state index in [0.717, 1.165) is 4.57 Å². The summed E-state index contributed by atoms with van der Waals surface area (Å²) >= 11 is 0. The second-order valence-electron chi connectivity index (χ2n) is 6.82. The van der Waals surface area contributed by atoms with E-state index in [1.807, 2.05) is 0 Å². The lowest BCUT2D eigenvalue weighted by atomic mass is 10.1. The molecule has 2 aromatic carbocycles. The molecule has 0 saturated heterocycles. The van der Waals surface area contributed by atoms with Crippen LogP contribution >= 0.6 is 0 Å². The molecule has 0 unspecified atom stereocenters. The number of rotatable bonds is 4. The van der Waals surface area contributed by atoms with E-state index in [1.54, 1.807) is 48.5 Å². The topological polar surface area (TPSA) is 111 Å². The van der Waals surface area contributed by atoms with E-state index in [9.17, 15) is 19.2 Å². The maximum atomic E-state index is 12.8. The summed E-state index contributed by atoms with van der Waals surface area (Å²) in [4.78, 5) is 55.0. The largest absolute Gasteiger partial charge is 0.451 e. The fourth-order valence-corrected chi connectivity index (χ4v) is 3.29. The van der Waals surface area contributed by atoms with Crippen LogP contribution in [0.15, 0.2) is 59.7 Å². The number of aromatic nitrogens is 2. The Morgan fingerprint density at radius 1 is 1.13 bits per heavy atom. The fraction of sp³-hybridized carbons (Fsp3) is 0.190. The minimum atomic E-state index is -1.14. The molecule has 1 atom stereocenters. The Kier molecular flexibility index (Phi) is 5.01. The molecule has 4 rings (SSSR count). The molecule has 1 aliphatic heterocycles. The van der Waals surface area contributed by atoms with Gasteiger partial charge < -0.3 is 10.1 Å². The summed E-state index contributed by atoms with van der Waals surface area (Å²) in [6.07, 6.45) is 0.129. The van der Waals surface area contributed by atoms with Crippen molar-refractivity contribution in [2.24, 2.45) is 0 Å². The van der Waals surface area contributed by atoms with Gasteiger partial charge in [0, 0.05) is 0 Å². The molecule has 9 nitrogen and oxygen atoms in total. The predicted octanol–water partition coefficient (Wildman–Crippen LogP) is 1.31. The van der Waals surface area contributed by atoms with Crippen LogP contribution in [-0.4, -0.2) is 40.0 Å². The number of carbonyl (C=O) groups is 3. The number of hydrogen-bond acceptors (Lipinski definition) is 6. The molecule has 0 aliphatic carbocycles. The number of benzene rings is 2. The van der Waals surface area contributed by atoms with Crippen molar-refractivity contribution in [3.63, 3.8) is 0 Å². The van der Waals surface area contributed by atoms with E-state index in [2.05, 4.69) is 10.3 Å². The number of nitrogens with one attached hydrogen (secondary N) is 1. The van der Waals surface area contributed by atoms with Gasteiger partial charge in [0.1, 0.15) is 13.1 Å². The van der Waals surface area contributed by atoms with Gasteiger partial charge in [-0.3, -0.25) is 28.6 Å². The molecule has 0 spiro atoms. The van der Waals surface area contributed by atoms with E-state index in [1.165, 1.54) is 18.2 Å². The van der Waals surface area contributed by atoms with Crippen LogP contribution in [0.4, 0.5) is 11.4 Å². The molecule has 2 heterocycles. The lowest BCUT2D eigenvalue weighted by molar-refractivity contribution is -0.154. The van der Waals surface area contributed by atoms with Crippen LogP contribution in [0, 0.1) is 0 Å². The van der Waals surface area contributed by atoms with Gasteiger partial charge in [-0.25, -0.2) is 4.98 Å². The van der Waals surface area contributed by atoms with Crippen molar-refractivity contribution in [2.45, 2.75) is 19.6 Å². The van der Waals surface area contributed by atoms with Crippen LogP contribution in [0.3, 0.4) is 0 Å². The van der Waals surface area contributed by atoms with Crippen molar-refractivity contribution in [1.29, 1.82) is 0 Å². The molecular formula is C21H18N4O5. The van der Waals surface area contributed by atoms with Crippen molar-refractivity contribution in [1.82, 2.24) is 9.55 Å². The Bertz CT molecular complexity index is 1220. The third kappa shape index (κ3) is 3.64. The van der Waals surface area contributed by atoms with Crippen LogP contribution in [0.2, 0.25) is 0 Å². The number of para-hydroxylation sites is 3. The molecule has 0 bridgehead atoms. The summed E-state index contributed by atoms with van der Waals surface area (Å²) in [5.74, 6) is -1.63. The Balaban J connectivity index is 1.48. The van der Waals surface area contributed by atoms with Crippen molar-refractivity contribution in [3.05, 3.63) is 65.2 Å². The molecule has 30 heavy (non-hydrogen) atoms. The number of hydrogen-bond donors (Lipinski definition) is 1. The lowest BCUT2D eigenvalue weighted by Gasteiger charge is -2.30. The number of esters is 1. The Morgan fingerprint density at radius 3 is 2.70 bits per heavy atom. The van der Waals surface area contributed by atoms with E-state index in [-0.39, 0.29) is 24.6 Å². The quantitative estimate of drug-likeness (QED) is 0.654. The van der Waals surface area contributed by atoms with E-state index in [4.69, 9.17) is 4.74 Å². The molecule has 3 aromatic rings. The van der Waals surface area contributed by atoms with Crippen LogP contribution in [0.1, 0.15) is 6.92 Å². The number of ether oxygens (including phenoxy) is 1. The monoisotopic (exact) mass is 406 g/mol. The highest BCUT2D eigenvalue weighted by atomic mass is 16.5. The molecular weight excluding hydrogens is 388 g/mol. The number of fused-ring (bicyclic) bond motifs is 2. The maximum absolute atomic E-state index is 12.8. The standard InChI is InChI=1S/C21H18N4O5/c1-13(20(28)25-10-18(26)23-16-8-4-5-9-17(16)25)30-19(27)11-24-12-22-15-7-3-2-6-14(15)21(24)29/h2-9,12-13H,10-11H2,1H3,(H,23,26)/t13-/m0/s1. The molecule has 0 fully saturated rings. The summed E-state index contributed by atoms with van der Waals surface area (Å²) in [7, 11) is 0. The zero-order valence-corrected chi connectivity index (χ0v) is 16.1. The Hall–Kier alpha value is -4.01. The minimum Gasteiger partial charge on any atom is -0.451 e. The fourth-order valence-electron chi connectivity index (χ4n) is 3.29. The van der Waals surface area contributed by atoms with Crippen molar-refractivity contribution in [3.8, 4) is 0 Å². The molecule has 2 amide bonds. The highest BCUT2D eigenvalue weighted by molar-refractivity contribution is 6.11. The third-order valence-corrected chi connectivity index (χ3v) is 4.72. The molecule has 152 valence electrons. The number of carbonyl (C=O) groups excluding carboxylic acids is 3. The zero-order valence-electron chi connectivity index (χ0n) is 16.1. The number of nitrogens with zero attached hydrogens (tertiary/aromatic N) is 3. The van der Waals surface area contributed by atoms with E-state index < -0.39 is 18.0 Å². The highest BCUT2D eigenvalue weighted by Gasteiger charge is 2.31. The first-order chi connectivity index (χ1) is 14.4. The van der Waals surface area contributed by atoms with Gasteiger partial charge in [0.25, 0.3) is 11.5 Å². The molecule has 9 heteroatoms. The second-order valence-corrected chi connectivity index (χ2v) is 6.82. The van der Waals surface area contributed by atoms with Crippen LogP contribution in [0.25, 0.3) is 10.9 Å². The van der Waals surface area contributed by atoms with Crippen molar-refractivity contribution < 1.29 is 19.1 Å². The van der Waals surface area contributed by atoms with Gasteiger partial charge in [0.2, 0.25) is 5.91 Å².